The Balaban J connectivity index is 2.87. The summed E-state index contributed by atoms with van der Waals surface area (Å²) in [6.07, 6.45) is 0. The Kier molecular flexibility index (Phi) is 2.00. The van der Waals surface area contributed by atoms with Crippen LogP contribution in [0.3, 0.4) is 0 Å². The van der Waals surface area contributed by atoms with Crippen molar-refractivity contribution in [1.82, 2.24) is 14.6 Å². The van der Waals surface area contributed by atoms with Gasteiger partial charge >= 0.3 is 0 Å². The minimum absolute atomic E-state index is 0.491. The molecule has 14 heavy (non-hydrogen) atoms. The minimum atomic E-state index is 0.491. The van der Waals surface area contributed by atoms with Crippen molar-refractivity contribution in [2.24, 2.45) is 5.73 Å². The van der Waals surface area contributed by atoms with Crippen LogP contribution in [0.1, 0.15) is 22.6 Å². The summed E-state index contributed by atoms with van der Waals surface area (Å²) in [6, 6.07) is 2.01. The molecule has 0 aromatic carbocycles. The van der Waals surface area contributed by atoms with Crippen LogP contribution >= 0.6 is 0 Å². The number of aryl methyl sites for hydroxylation is 3. The summed E-state index contributed by atoms with van der Waals surface area (Å²) < 4.78 is 1.85. The summed E-state index contributed by atoms with van der Waals surface area (Å²) >= 11 is 0. The fourth-order valence-corrected chi connectivity index (χ4v) is 1.71. The lowest BCUT2D eigenvalue weighted by atomic mass is 10.2. The standard InChI is InChI=1S/C10H14N4/c1-6-4-7(2)14-10(12-6)9(5-11)8(3)13-14/h4H,5,11H2,1-3H3. The molecular formula is C10H14N4. The van der Waals surface area contributed by atoms with Gasteiger partial charge in [0, 0.05) is 23.5 Å². The highest BCUT2D eigenvalue weighted by atomic mass is 15.3. The van der Waals surface area contributed by atoms with Gasteiger partial charge in [0.25, 0.3) is 0 Å². The Morgan fingerprint density at radius 3 is 2.71 bits per heavy atom. The molecule has 2 N–H and O–H groups in total. The average molecular weight is 190 g/mol. The van der Waals surface area contributed by atoms with Crippen LogP contribution in [-0.4, -0.2) is 14.6 Å². The molecular weight excluding hydrogens is 176 g/mol. The van der Waals surface area contributed by atoms with Crippen LogP contribution in [-0.2, 0) is 6.54 Å². The molecule has 4 nitrogen and oxygen atoms in total. The second kappa shape index (κ2) is 3.06. The molecule has 2 rings (SSSR count). The predicted octanol–water partition coefficient (Wildman–Crippen LogP) is 1.11. The maximum atomic E-state index is 5.67. The van der Waals surface area contributed by atoms with E-state index in [0.29, 0.717) is 6.54 Å². The van der Waals surface area contributed by atoms with Crippen molar-refractivity contribution in [2.45, 2.75) is 27.3 Å². The predicted molar refractivity (Wildman–Crippen MR) is 55.1 cm³/mol. The third kappa shape index (κ3) is 1.19. The summed E-state index contributed by atoms with van der Waals surface area (Å²) in [7, 11) is 0. The van der Waals surface area contributed by atoms with Crippen molar-refractivity contribution in [2.75, 3.05) is 0 Å². The lowest BCUT2D eigenvalue weighted by molar-refractivity contribution is 0.870. The first kappa shape index (κ1) is 9.15. The maximum Gasteiger partial charge on any atom is 0.160 e. The van der Waals surface area contributed by atoms with E-state index in [-0.39, 0.29) is 0 Å². The Hall–Kier alpha value is -1.42. The second-order valence-corrected chi connectivity index (χ2v) is 3.54. The van der Waals surface area contributed by atoms with Crippen molar-refractivity contribution >= 4 is 5.65 Å². The normalized spacial score (nSPS) is 11.1. The van der Waals surface area contributed by atoms with Gasteiger partial charge in [0.05, 0.1) is 5.69 Å². The molecule has 2 aromatic rings. The van der Waals surface area contributed by atoms with E-state index in [4.69, 9.17) is 5.73 Å². The number of nitrogens with zero attached hydrogens (tertiary/aromatic N) is 3. The first-order valence-corrected chi connectivity index (χ1v) is 4.66. The van der Waals surface area contributed by atoms with E-state index in [0.717, 1.165) is 28.3 Å². The smallest absolute Gasteiger partial charge is 0.160 e. The van der Waals surface area contributed by atoms with E-state index < -0.39 is 0 Å². The van der Waals surface area contributed by atoms with Gasteiger partial charge < -0.3 is 5.73 Å². The largest absolute Gasteiger partial charge is 0.326 e. The SMILES string of the molecule is Cc1cc(C)n2nc(C)c(CN)c2n1. The van der Waals surface area contributed by atoms with E-state index in [1.54, 1.807) is 0 Å². The molecule has 0 spiro atoms. The third-order valence-corrected chi connectivity index (χ3v) is 2.40. The van der Waals surface area contributed by atoms with Crippen molar-refractivity contribution in [1.29, 1.82) is 0 Å². The summed E-state index contributed by atoms with van der Waals surface area (Å²) in [4.78, 5) is 4.45. The zero-order valence-corrected chi connectivity index (χ0v) is 8.70. The Bertz CT molecular complexity index is 484. The van der Waals surface area contributed by atoms with Crippen LogP contribution in [0, 0.1) is 20.8 Å². The van der Waals surface area contributed by atoms with E-state index in [1.165, 1.54) is 0 Å². The monoisotopic (exact) mass is 190 g/mol. The van der Waals surface area contributed by atoms with Crippen LogP contribution in [0.2, 0.25) is 0 Å². The highest BCUT2D eigenvalue weighted by molar-refractivity contribution is 5.51. The van der Waals surface area contributed by atoms with Gasteiger partial charge in [-0.05, 0) is 26.8 Å². The van der Waals surface area contributed by atoms with Crippen molar-refractivity contribution < 1.29 is 0 Å². The van der Waals surface area contributed by atoms with Crippen molar-refractivity contribution in [3.8, 4) is 0 Å². The quantitative estimate of drug-likeness (QED) is 0.733. The molecule has 0 atom stereocenters. The number of fused-ring (bicyclic) bond motifs is 1. The molecule has 0 saturated heterocycles. The van der Waals surface area contributed by atoms with Gasteiger partial charge in [0.15, 0.2) is 5.65 Å². The minimum Gasteiger partial charge on any atom is -0.326 e. The highest BCUT2D eigenvalue weighted by Crippen LogP contribution is 2.14. The highest BCUT2D eigenvalue weighted by Gasteiger charge is 2.10. The fourth-order valence-electron chi connectivity index (χ4n) is 1.71. The molecule has 0 aliphatic rings. The van der Waals surface area contributed by atoms with E-state index in [9.17, 15) is 0 Å². The van der Waals surface area contributed by atoms with Gasteiger partial charge in [-0.15, -0.1) is 0 Å². The van der Waals surface area contributed by atoms with E-state index >= 15 is 0 Å². The van der Waals surface area contributed by atoms with E-state index in [1.807, 2.05) is 31.4 Å². The first-order chi connectivity index (χ1) is 6.63. The Labute approximate surface area is 82.8 Å². The second-order valence-electron chi connectivity index (χ2n) is 3.54. The van der Waals surface area contributed by atoms with Crippen LogP contribution in [0.15, 0.2) is 6.07 Å². The average Bonchev–Trinajstić information content (AvgIpc) is 2.41. The summed E-state index contributed by atoms with van der Waals surface area (Å²) in [5, 5.41) is 4.40. The molecule has 0 unspecified atom stereocenters. The first-order valence-electron chi connectivity index (χ1n) is 4.66. The Morgan fingerprint density at radius 2 is 2.07 bits per heavy atom. The number of rotatable bonds is 1. The molecule has 74 valence electrons. The van der Waals surface area contributed by atoms with Crippen LogP contribution in [0.4, 0.5) is 0 Å². The van der Waals surface area contributed by atoms with E-state index in [2.05, 4.69) is 10.1 Å². The third-order valence-electron chi connectivity index (χ3n) is 2.40. The molecule has 4 heteroatoms. The fraction of sp³-hybridized carbons (Fsp3) is 0.400. The van der Waals surface area contributed by atoms with Crippen LogP contribution in [0.25, 0.3) is 5.65 Å². The number of hydrogen-bond acceptors (Lipinski definition) is 3. The van der Waals surface area contributed by atoms with Crippen molar-refractivity contribution in [3.05, 3.63) is 28.7 Å². The van der Waals surface area contributed by atoms with Gasteiger partial charge in [-0.1, -0.05) is 0 Å². The van der Waals surface area contributed by atoms with Crippen molar-refractivity contribution in [3.63, 3.8) is 0 Å². The summed E-state index contributed by atoms with van der Waals surface area (Å²) in [5.74, 6) is 0. The molecule has 0 aliphatic carbocycles. The summed E-state index contributed by atoms with van der Waals surface area (Å²) in [5.41, 5.74) is 10.7. The maximum absolute atomic E-state index is 5.67. The molecule has 2 aromatic heterocycles. The molecule has 0 fully saturated rings. The van der Waals surface area contributed by atoms with Gasteiger partial charge in [-0.2, -0.15) is 5.10 Å². The lowest BCUT2D eigenvalue weighted by Crippen LogP contribution is -2.01. The number of hydrogen-bond donors (Lipinski definition) is 1. The molecule has 0 amide bonds. The molecule has 0 saturated carbocycles. The van der Waals surface area contributed by atoms with Gasteiger partial charge in [-0.25, -0.2) is 9.50 Å². The lowest BCUT2D eigenvalue weighted by Gasteiger charge is -2.00. The van der Waals surface area contributed by atoms with Gasteiger partial charge in [-0.3, -0.25) is 0 Å². The molecule has 2 heterocycles. The van der Waals surface area contributed by atoms with Gasteiger partial charge in [0.1, 0.15) is 0 Å². The zero-order valence-electron chi connectivity index (χ0n) is 8.70. The molecule has 0 aliphatic heterocycles. The van der Waals surface area contributed by atoms with Gasteiger partial charge in [0.2, 0.25) is 0 Å². The topological polar surface area (TPSA) is 56.2 Å². The molecule has 0 bridgehead atoms. The zero-order chi connectivity index (χ0) is 10.3. The summed E-state index contributed by atoms with van der Waals surface area (Å²) in [6.45, 7) is 6.46. The number of aromatic nitrogens is 3. The van der Waals surface area contributed by atoms with Crippen LogP contribution < -0.4 is 5.73 Å². The number of nitrogens with two attached hydrogens (primary N) is 1. The van der Waals surface area contributed by atoms with Crippen LogP contribution in [0.5, 0.6) is 0 Å². The molecule has 0 radical (unpaired) electrons. The Morgan fingerprint density at radius 1 is 1.36 bits per heavy atom.